The average Bonchev–Trinajstić information content (AvgIpc) is 2.56. The summed E-state index contributed by atoms with van der Waals surface area (Å²) in [5.41, 5.74) is 3.49. The molecule has 0 aromatic heterocycles. The molecule has 0 unspecified atom stereocenters. The Morgan fingerprint density at radius 2 is 1.87 bits per heavy atom. The van der Waals surface area contributed by atoms with E-state index in [2.05, 4.69) is 5.32 Å². The second-order valence-electron chi connectivity index (χ2n) is 5.49. The minimum absolute atomic E-state index is 0.0284. The number of ether oxygens (including phenoxy) is 2. The van der Waals surface area contributed by atoms with E-state index < -0.39 is 0 Å². The molecule has 0 aliphatic rings. The summed E-state index contributed by atoms with van der Waals surface area (Å²) < 4.78 is 10.7. The number of hydrogen-bond donors (Lipinski definition) is 1. The highest BCUT2D eigenvalue weighted by Crippen LogP contribution is 2.16. The van der Waals surface area contributed by atoms with E-state index >= 15 is 0 Å². The fourth-order valence-electron chi connectivity index (χ4n) is 2.18. The van der Waals surface area contributed by atoms with Crippen LogP contribution in [0.5, 0.6) is 11.5 Å². The van der Waals surface area contributed by atoms with E-state index in [9.17, 15) is 4.79 Å². The number of methoxy groups -OCH3 is 1. The first-order valence-electron chi connectivity index (χ1n) is 7.68. The molecule has 23 heavy (non-hydrogen) atoms. The van der Waals surface area contributed by atoms with Crippen LogP contribution in [-0.2, 0) is 11.2 Å². The highest BCUT2D eigenvalue weighted by Gasteiger charge is 2.04. The molecule has 0 radical (unpaired) electrons. The molecule has 2 aromatic rings. The third kappa shape index (κ3) is 5.33. The molecule has 0 heterocycles. The number of carbonyl (C=O) groups excluding carboxylic acids is 1. The Kier molecular flexibility index (Phi) is 6.03. The van der Waals surface area contributed by atoms with Crippen LogP contribution in [0.25, 0.3) is 0 Å². The molecule has 0 aliphatic carbocycles. The molecule has 0 fully saturated rings. The zero-order chi connectivity index (χ0) is 16.7. The van der Waals surface area contributed by atoms with Gasteiger partial charge >= 0.3 is 0 Å². The molecule has 0 saturated heterocycles. The highest BCUT2D eigenvalue weighted by atomic mass is 16.5. The normalized spacial score (nSPS) is 10.2. The smallest absolute Gasteiger partial charge is 0.257 e. The third-order valence-corrected chi connectivity index (χ3v) is 3.72. The number of hydrogen-bond acceptors (Lipinski definition) is 3. The lowest BCUT2D eigenvalue weighted by Gasteiger charge is -2.09. The minimum Gasteiger partial charge on any atom is -0.497 e. The molecular weight excluding hydrogens is 290 g/mol. The van der Waals surface area contributed by atoms with E-state index in [1.165, 1.54) is 5.56 Å². The van der Waals surface area contributed by atoms with E-state index in [0.717, 1.165) is 29.0 Å². The van der Waals surface area contributed by atoms with Crippen molar-refractivity contribution >= 4 is 5.91 Å². The van der Waals surface area contributed by atoms with Gasteiger partial charge in [0.05, 0.1) is 7.11 Å². The van der Waals surface area contributed by atoms with E-state index in [-0.39, 0.29) is 12.5 Å². The van der Waals surface area contributed by atoms with Crippen LogP contribution in [-0.4, -0.2) is 26.2 Å². The number of carbonyl (C=O) groups is 1. The van der Waals surface area contributed by atoms with Gasteiger partial charge in [-0.3, -0.25) is 4.79 Å². The lowest BCUT2D eigenvalue weighted by atomic mass is 10.1. The Hall–Kier alpha value is -2.49. The standard InChI is InChI=1S/C19H23NO3/c1-14-7-8-18(11-15(14)2)23-13-19(21)20-10-9-16-5-4-6-17(12-16)22-3/h4-8,11-12H,9-10,13H2,1-3H3,(H,20,21). The summed E-state index contributed by atoms with van der Waals surface area (Å²) in [5, 5.41) is 2.86. The summed E-state index contributed by atoms with van der Waals surface area (Å²) in [4.78, 5) is 11.8. The van der Waals surface area contributed by atoms with Crippen LogP contribution in [0.1, 0.15) is 16.7 Å². The predicted molar refractivity (Wildman–Crippen MR) is 91.1 cm³/mol. The molecular formula is C19H23NO3. The second kappa shape index (κ2) is 8.22. The van der Waals surface area contributed by atoms with E-state index in [1.54, 1.807) is 7.11 Å². The first-order chi connectivity index (χ1) is 11.1. The van der Waals surface area contributed by atoms with Gasteiger partial charge in [0, 0.05) is 6.54 Å². The van der Waals surface area contributed by atoms with Crippen LogP contribution in [0.2, 0.25) is 0 Å². The predicted octanol–water partition coefficient (Wildman–Crippen LogP) is 3.05. The van der Waals surface area contributed by atoms with Gasteiger partial charge in [-0.25, -0.2) is 0 Å². The number of amides is 1. The SMILES string of the molecule is COc1cccc(CCNC(=O)COc2ccc(C)c(C)c2)c1. The maximum absolute atomic E-state index is 11.8. The molecule has 0 saturated carbocycles. The van der Waals surface area contributed by atoms with Crippen LogP contribution < -0.4 is 14.8 Å². The Balaban J connectivity index is 1.73. The van der Waals surface area contributed by atoms with E-state index in [1.807, 2.05) is 56.3 Å². The van der Waals surface area contributed by atoms with Gasteiger partial charge in [0.15, 0.2) is 6.61 Å². The van der Waals surface area contributed by atoms with Crippen LogP contribution in [0, 0.1) is 13.8 Å². The topological polar surface area (TPSA) is 47.6 Å². The van der Waals surface area contributed by atoms with Crippen molar-refractivity contribution in [3.63, 3.8) is 0 Å². The van der Waals surface area contributed by atoms with Crippen molar-refractivity contribution in [2.45, 2.75) is 20.3 Å². The van der Waals surface area contributed by atoms with Crippen molar-refractivity contribution in [1.82, 2.24) is 5.32 Å². The zero-order valence-corrected chi connectivity index (χ0v) is 13.9. The second-order valence-corrected chi connectivity index (χ2v) is 5.49. The van der Waals surface area contributed by atoms with Gasteiger partial charge in [0.25, 0.3) is 5.91 Å². The molecule has 2 aromatic carbocycles. The summed E-state index contributed by atoms with van der Waals surface area (Å²) in [5.74, 6) is 1.43. The zero-order valence-electron chi connectivity index (χ0n) is 13.9. The molecule has 4 nitrogen and oxygen atoms in total. The maximum atomic E-state index is 11.8. The van der Waals surface area contributed by atoms with Crippen molar-refractivity contribution in [3.8, 4) is 11.5 Å². The quantitative estimate of drug-likeness (QED) is 0.854. The highest BCUT2D eigenvalue weighted by molar-refractivity contribution is 5.77. The Morgan fingerprint density at radius 1 is 1.04 bits per heavy atom. The van der Waals surface area contributed by atoms with Crippen molar-refractivity contribution in [3.05, 3.63) is 59.2 Å². The van der Waals surface area contributed by atoms with Gasteiger partial charge < -0.3 is 14.8 Å². The van der Waals surface area contributed by atoms with Gasteiger partial charge in [-0.05, 0) is 61.2 Å². The first-order valence-corrected chi connectivity index (χ1v) is 7.68. The molecule has 0 aliphatic heterocycles. The third-order valence-electron chi connectivity index (χ3n) is 3.72. The Morgan fingerprint density at radius 3 is 2.61 bits per heavy atom. The summed E-state index contributed by atoms with van der Waals surface area (Å²) in [7, 11) is 1.64. The van der Waals surface area contributed by atoms with Gasteiger partial charge in [0.2, 0.25) is 0 Å². The molecule has 0 atom stereocenters. The van der Waals surface area contributed by atoms with Crippen molar-refractivity contribution in [2.75, 3.05) is 20.3 Å². The summed E-state index contributed by atoms with van der Waals surface area (Å²) in [6, 6.07) is 13.6. The molecule has 0 spiro atoms. The fraction of sp³-hybridized carbons (Fsp3) is 0.316. The Labute approximate surface area is 137 Å². The largest absolute Gasteiger partial charge is 0.497 e. The molecule has 1 amide bonds. The number of rotatable bonds is 7. The maximum Gasteiger partial charge on any atom is 0.257 e. The van der Waals surface area contributed by atoms with Crippen LogP contribution in [0.3, 0.4) is 0 Å². The lowest BCUT2D eigenvalue weighted by molar-refractivity contribution is -0.123. The van der Waals surface area contributed by atoms with E-state index in [4.69, 9.17) is 9.47 Å². The fourth-order valence-corrected chi connectivity index (χ4v) is 2.18. The summed E-state index contributed by atoms with van der Waals surface area (Å²) in [6.45, 7) is 4.67. The van der Waals surface area contributed by atoms with E-state index in [0.29, 0.717) is 6.54 Å². The van der Waals surface area contributed by atoms with Crippen LogP contribution >= 0.6 is 0 Å². The molecule has 0 bridgehead atoms. The molecule has 2 rings (SSSR count). The van der Waals surface area contributed by atoms with Crippen molar-refractivity contribution in [2.24, 2.45) is 0 Å². The van der Waals surface area contributed by atoms with Gasteiger partial charge in [-0.2, -0.15) is 0 Å². The summed E-state index contributed by atoms with van der Waals surface area (Å²) >= 11 is 0. The number of aryl methyl sites for hydroxylation is 2. The number of benzene rings is 2. The monoisotopic (exact) mass is 313 g/mol. The number of nitrogens with one attached hydrogen (secondary N) is 1. The average molecular weight is 313 g/mol. The van der Waals surface area contributed by atoms with Crippen LogP contribution in [0.4, 0.5) is 0 Å². The first kappa shape index (κ1) is 16.9. The minimum atomic E-state index is -0.119. The molecule has 122 valence electrons. The van der Waals surface area contributed by atoms with Gasteiger partial charge in [0.1, 0.15) is 11.5 Å². The molecule has 4 heteroatoms. The molecule has 1 N–H and O–H groups in total. The lowest BCUT2D eigenvalue weighted by Crippen LogP contribution is -2.30. The van der Waals surface area contributed by atoms with Gasteiger partial charge in [-0.15, -0.1) is 0 Å². The van der Waals surface area contributed by atoms with Gasteiger partial charge in [-0.1, -0.05) is 18.2 Å². The summed E-state index contributed by atoms with van der Waals surface area (Å²) in [6.07, 6.45) is 0.757. The Bertz CT molecular complexity index is 667. The van der Waals surface area contributed by atoms with Crippen molar-refractivity contribution in [1.29, 1.82) is 0 Å². The van der Waals surface area contributed by atoms with Crippen molar-refractivity contribution < 1.29 is 14.3 Å². The van der Waals surface area contributed by atoms with Crippen LogP contribution in [0.15, 0.2) is 42.5 Å².